The average molecular weight is 1100 g/mol. The molecule has 0 aliphatic carbocycles. The molecule has 0 saturated carbocycles. The minimum atomic E-state index is -0.509. The van der Waals surface area contributed by atoms with Crippen LogP contribution in [0.4, 0.5) is 28.8 Å². The highest BCUT2D eigenvalue weighted by Gasteiger charge is 2.36. The summed E-state index contributed by atoms with van der Waals surface area (Å²) in [6, 6.07) is 26.2. The molecule has 23 heteroatoms. The Morgan fingerprint density at radius 2 is 1.06 bits per heavy atom. The molecule has 6 aromatic heterocycles. The lowest BCUT2D eigenvalue weighted by Crippen LogP contribution is -2.38. The van der Waals surface area contributed by atoms with Crippen LogP contribution in [0.3, 0.4) is 0 Å². The predicted octanol–water partition coefficient (Wildman–Crippen LogP) is 9.59. The number of fused-ring (bicyclic) bond motifs is 2. The summed E-state index contributed by atoms with van der Waals surface area (Å²) < 4.78 is 30.4. The maximum atomic E-state index is 13.5. The molecule has 7 N–H and O–H groups in total. The Balaban J connectivity index is 0.000000188. The van der Waals surface area contributed by atoms with Crippen LogP contribution in [-0.2, 0) is 35.8 Å². The number of nitrogen functional groups attached to an aromatic ring is 1. The lowest BCUT2D eigenvalue weighted by atomic mass is 9.95. The number of nitrogens with one attached hydrogen (secondary N) is 5. The van der Waals surface area contributed by atoms with Gasteiger partial charge in [-0.2, -0.15) is 10.2 Å². The molecule has 2 aliphatic heterocycles. The zero-order valence-corrected chi connectivity index (χ0v) is 43.9. The Kier molecular flexibility index (Phi) is 17.2. The molecule has 5 amide bonds. The number of nitrogens with zero attached hydrogens (tertiary/aromatic N) is 6. The van der Waals surface area contributed by atoms with Crippen molar-refractivity contribution < 1.29 is 37.5 Å². The fourth-order valence-electron chi connectivity index (χ4n) is 8.90. The van der Waals surface area contributed by atoms with Crippen LogP contribution in [0.1, 0.15) is 101 Å². The zero-order valence-electron chi connectivity index (χ0n) is 41.5. The van der Waals surface area contributed by atoms with E-state index in [9.17, 15) is 37.5 Å². The SMILES string of the molecule is C=CC(=O)Cl.C=CC(=O)Nc1ccc(NC(=O)c2nn(Cc3ccc(F)cc3)c3c2CN(C(=O)c2ccc[nH]2)CC3C)s1.CC1CN(C(=O)c2ccc[nH]2)Cc2c(C(=O)Nc3ccc(N)s3)nn(Cc3ccc(F)cc3)c21. The predicted molar refractivity (Wildman–Crippen MR) is 292 cm³/mol. The number of hydrogen-bond donors (Lipinski definition) is 6. The van der Waals surface area contributed by atoms with Crippen LogP contribution in [0.15, 0.2) is 135 Å². The van der Waals surface area contributed by atoms with Crippen LogP contribution in [0, 0.1) is 11.6 Å². The molecule has 0 bridgehead atoms. The molecule has 18 nitrogen and oxygen atoms in total. The molecule has 2 atom stereocenters. The van der Waals surface area contributed by atoms with E-state index in [2.05, 4.69) is 49.3 Å². The van der Waals surface area contributed by atoms with E-state index in [1.807, 2.05) is 13.8 Å². The monoisotopic (exact) mass is 1100 g/mol. The minimum absolute atomic E-state index is 0.0606. The summed E-state index contributed by atoms with van der Waals surface area (Å²) in [4.78, 5) is 83.2. The fourth-order valence-corrected chi connectivity index (χ4v) is 10.4. The van der Waals surface area contributed by atoms with E-state index in [0.717, 1.165) is 28.6 Å². The van der Waals surface area contributed by atoms with Gasteiger partial charge in [-0.3, -0.25) is 38.1 Å². The maximum absolute atomic E-state index is 13.5. The van der Waals surface area contributed by atoms with Crippen molar-refractivity contribution in [1.29, 1.82) is 0 Å². The number of allylic oxidation sites excluding steroid dienone is 1. The number of benzene rings is 2. The van der Waals surface area contributed by atoms with Crippen LogP contribution in [0.25, 0.3) is 0 Å². The summed E-state index contributed by atoms with van der Waals surface area (Å²) in [6.45, 7) is 12.7. The topological polar surface area (TPSA) is 238 Å². The average Bonchev–Trinajstić information content (AvgIpc) is 4.36. The molecule has 2 aromatic carbocycles. The molecule has 77 heavy (non-hydrogen) atoms. The van der Waals surface area contributed by atoms with E-state index >= 15 is 0 Å². The number of thiophene rings is 2. The van der Waals surface area contributed by atoms with Gasteiger partial charge in [0, 0.05) is 59.8 Å². The van der Waals surface area contributed by atoms with E-state index in [-0.39, 0.29) is 71.6 Å². The first-order valence-electron chi connectivity index (χ1n) is 23.8. The molecular formula is C54H51ClF2N12O6S2. The summed E-state index contributed by atoms with van der Waals surface area (Å²) in [5.74, 6) is -2.24. The molecule has 10 rings (SSSR count). The first-order valence-corrected chi connectivity index (χ1v) is 25.9. The second-order valence-corrected chi connectivity index (χ2v) is 20.4. The molecule has 8 aromatic rings. The molecule has 0 fully saturated rings. The van der Waals surface area contributed by atoms with Crippen molar-refractivity contribution in [2.45, 2.75) is 51.9 Å². The molecular weight excluding hydrogens is 1050 g/mol. The summed E-state index contributed by atoms with van der Waals surface area (Å²) >= 11 is 7.18. The maximum Gasteiger partial charge on any atom is 0.277 e. The summed E-state index contributed by atoms with van der Waals surface area (Å²) in [6.07, 6.45) is 5.61. The normalized spacial score (nSPS) is 14.4. The van der Waals surface area contributed by atoms with E-state index in [0.29, 0.717) is 68.7 Å². The van der Waals surface area contributed by atoms with Crippen molar-refractivity contribution in [3.63, 3.8) is 0 Å². The standard InChI is InChI=1S/C27H25FN6O3S.C24H23FN6O2S.C3H3ClO/c1-3-21(35)30-22-10-11-23(38-22)31-26(36)24-19-15-33(27(37)20-5-4-12-29-20)13-16(2)25(19)34(32-24)14-17-6-8-18(28)9-7-17;1-14-11-30(24(33)18-3-2-10-27-18)13-17-21(23(32)28-20-9-8-19(26)34-20)29-31(22(14)17)12-15-4-6-16(25)7-5-15;1-2-3(4)5/h3-12,16,29H,1,13-15H2,2H3,(H,30,35)(H,31,36);2-10,14,27H,11-13,26H2,1H3,(H,28,32);2H,1H2. The Morgan fingerprint density at radius 3 is 1.44 bits per heavy atom. The molecule has 8 heterocycles. The number of anilines is 4. The third kappa shape index (κ3) is 13.2. The molecule has 2 unspecified atom stereocenters. The largest absolute Gasteiger partial charge is 0.391 e. The Bertz CT molecular complexity index is 3460. The van der Waals surface area contributed by atoms with Gasteiger partial charge < -0.3 is 41.5 Å². The van der Waals surface area contributed by atoms with Gasteiger partial charge >= 0.3 is 0 Å². The second-order valence-electron chi connectivity index (χ2n) is 17.8. The Morgan fingerprint density at radius 1 is 0.649 bits per heavy atom. The highest BCUT2D eigenvalue weighted by molar-refractivity contribution is 7.20. The summed E-state index contributed by atoms with van der Waals surface area (Å²) in [5, 5.41) is 19.5. The fraction of sp³-hybridized carbons (Fsp3) is 0.185. The molecule has 2 aliphatic rings. The Hall–Kier alpha value is -8.73. The highest BCUT2D eigenvalue weighted by Crippen LogP contribution is 2.35. The van der Waals surface area contributed by atoms with Crippen molar-refractivity contribution in [2.24, 2.45) is 0 Å². The van der Waals surface area contributed by atoms with E-state index in [1.54, 1.807) is 104 Å². The molecule has 0 saturated heterocycles. The summed E-state index contributed by atoms with van der Waals surface area (Å²) in [7, 11) is 0. The van der Waals surface area contributed by atoms with Gasteiger partial charge in [0.1, 0.15) is 23.0 Å². The molecule has 0 spiro atoms. The zero-order chi connectivity index (χ0) is 54.9. The lowest BCUT2D eigenvalue weighted by Gasteiger charge is -2.32. The van der Waals surface area contributed by atoms with Crippen molar-refractivity contribution in [2.75, 3.05) is 34.8 Å². The third-order valence-corrected chi connectivity index (χ3v) is 14.2. The quantitative estimate of drug-likeness (QED) is 0.0475. The third-order valence-electron chi connectivity index (χ3n) is 12.3. The van der Waals surface area contributed by atoms with Crippen LogP contribution in [-0.4, -0.2) is 87.2 Å². The number of nitrogens with two attached hydrogens (primary N) is 1. The highest BCUT2D eigenvalue weighted by atomic mass is 35.5. The van der Waals surface area contributed by atoms with Gasteiger partial charge in [0.25, 0.3) is 23.6 Å². The van der Waals surface area contributed by atoms with E-state index in [1.165, 1.54) is 53.0 Å². The van der Waals surface area contributed by atoms with Gasteiger partial charge in [0.2, 0.25) is 11.1 Å². The lowest BCUT2D eigenvalue weighted by molar-refractivity contribution is -0.112. The van der Waals surface area contributed by atoms with Crippen LogP contribution in [0.2, 0.25) is 0 Å². The van der Waals surface area contributed by atoms with Crippen LogP contribution in [0.5, 0.6) is 0 Å². The van der Waals surface area contributed by atoms with Gasteiger partial charge in [-0.15, -0.1) is 22.7 Å². The number of amides is 5. The van der Waals surface area contributed by atoms with E-state index < -0.39 is 11.1 Å². The number of rotatable bonds is 13. The number of aromatic nitrogens is 6. The van der Waals surface area contributed by atoms with Crippen molar-refractivity contribution in [3.8, 4) is 0 Å². The van der Waals surface area contributed by atoms with Gasteiger partial charge in [0.05, 0.1) is 46.2 Å². The molecule has 396 valence electrons. The van der Waals surface area contributed by atoms with Gasteiger partial charge in [-0.25, -0.2) is 8.78 Å². The first-order chi connectivity index (χ1) is 37.0. The number of carbonyl (C=O) groups excluding carboxylic acids is 6. The second kappa shape index (κ2) is 24.3. The van der Waals surface area contributed by atoms with Gasteiger partial charge in [-0.1, -0.05) is 51.3 Å². The number of H-pyrrole nitrogens is 2. The van der Waals surface area contributed by atoms with E-state index in [4.69, 9.17) is 17.3 Å². The van der Waals surface area contributed by atoms with Gasteiger partial charge in [-0.05, 0) is 108 Å². The first kappa shape index (κ1) is 54.5. The molecule has 0 radical (unpaired) electrons. The number of carbonyl (C=O) groups is 6. The van der Waals surface area contributed by atoms with Crippen molar-refractivity contribution in [3.05, 3.63) is 203 Å². The minimum Gasteiger partial charge on any atom is -0.391 e. The number of hydrogen-bond acceptors (Lipinski definition) is 11. The van der Waals surface area contributed by atoms with Gasteiger partial charge in [0.15, 0.2) is 11.4 Å². The van der Waals surface area contributed by atoms with Crippen molar-refractivity contribution in [1.82, 2.24) is 39.3 Å². The Labute approximate surface area is 453 Å². The van der Waals surface area contributed by atoms with Crippen LogP contribution < -0.4 is 21.7 Å². The van der Waals surface area contributed by atoms with Crippen molar-refractivity contribution >= 4 is 89.1 Å². The van der Waals surface area contributed by atoms with Crippen LogP contribution >= 0.6 is 34.3 Å². The number of aromatic amines is 2. The smallest absolute Gasteiger partial charge is 0.277 e. The summed E-state index contributed by atoms with van der Waals surface area (Å²) in [5.41, 5.74) is 12.1. The number of halogens is 3.